The third kappa shape index (κ3) is 28.6. The Morgan fingerprint density at radius 3 is 1.62 bits per heavy atom. The first-order valence-corrected chi connectivity index (χ1v) is 13.1. The molecule has 0 unspecified atom stereocenters. The third-order valence-electron chi connectivity index (χ3n) is 5.00. The molecule has 0 aromatic heterocycles. The molecule has 0 aromatic rings. The Morgan fingerprint density at radius 1 is 0.718 bits per heavy atom. The average Bonchev–Trinajstić information content (AvgIpc) is 2.92. The molecule has 0 aliphatic heterocycles. The van der Waals surface area contributed by atoms with Crippen LogP contribution in [-0.2, 0) is 19.1 Å². The van der Waals surface area contributed by atoms with E-state index in [2.05, 4.69) is 83.9 Å². The summed E-state index contributed by atoms with van der Waals surface area (Å²) in [5.41, 5.74) is 0. The number of carbonyl (C=O) groups excluding carboxylic acids is 2. The van der Waals surface area contributed by atoms with Crippen LogP contribution in [0, 0.1) is 83.4 Å². The lowest BCUT2D eigenvalue weighted by Gasteiger charge is -2.14. The van der Waals surface area contributed by atoms with Crippen LogP contribution in [0.1, 0.15) is 109 Å². The van der Waals surface area contributed by atoms with Gasteiger partial charge >= 0.3 is 11.9 Å². The molecule has 0 saturated carbocycles. The predicted octanol–water partition coefficient (Wildman–Crippen LogP) is 7.49. The van der Waals surface area contributed by atoms with Crippen molar-refractivity contribution in [3.05, 3.63) is 0 Å². The summed E-state index contributed by atoms with van der Waals surface area (Å²) in [6.45, 7) is 1.49. The van der Waals surface area contributed by atoms with Crippen molar-refractivity contribution in [2.75, 3.05) is 13.2 Å². The summed E-state index contributed by atoms with van der Waals surface area (Å²) in [4.78, 5) is 23.6. The minimum Gasteiger partial charge on any atom is -0.456 e. The van der Waals surface area contributed by atoms with Gasteiger partial charge in [0.25, 0.3) is 0 Å². The number of hydrogen-bond acceptors (Lipinski definition) is 5. The lowest BCUT2D eigenvalue weighted by Crippen LogP contribution is -2.28. The molecule has 39 heavy (non-hydrogen) atoms. The fourth-order valence-electron chi connectivity index (χ4n) is 3.08. The van der Waals surface area contributed by atoms with Crippen LogP contribution in [0.2, 0.25) is 0 Å². The van der Waals surface area contributed by atoms with E-state index >= 15 is 0 Å². The summed E-state index contributed by atoms with van der Waals surface area (Å²) in [7, 11) is 0. The van der Waals surface area contributed by atoms with Crippen molar-refractivity contribution in [1.29, 1.82) is 0 Å². The van der Waals surface area contributed by atoms with Gasteiger partial charge in [0.15, 0.2) is 6.10 Å². The van der Waals surface area contributed by atoms with Crippen molar-refractivity contribution in [1.82, 2.24) is 0 Å². The average molecular weight is 573 g/mol. The zero-order valence-corrected chi connectivity index (χ0v) is 23.8. The van der Waals surface area contributed by atoms with E-state index in [1.165, 1.54) is 57.8 Å². The number of hydrogen-bond donors (Lipinski definition) is 1. The fraction of sp³-hybridized carbons (Fsp3) is 0.515. The normalized spacial score (nSPS) is 8.95. The van der Waals surface area contributed by atoms with Gasteiger partial charge in [-0.15, -0.1) is 6.42 Å². The first-order valence-electron chi connectivity index (χ1n) is 13.1. The summed E-state index contributed by atoms with van der Waals surface area (Å²) in [5, 5.41) is 9.37. The van der Waals surface area contributed by atoms with E-state index in [1.807, 2.05) is 0 Å². The highest BCUT2D eigenvalue weighted by Gasteiger charge is 2.15. The largest absolute Gasteiger partial charge is 0.456 e. The van der Waals surface area contributed by atoms with Crippen LogP contribution >= 0.6 is 13.5 Å². The van der Waals surface area contributed by atoms with Gasteiger partial charge in [0, 0.05) is 30.9 Å². The van der Waals surface area contributed by atoms with Crippen molar-refractivity contribution in [2.45, 2.75) is 96.5 Å². The minimum absolute atomic E-state index is 0. The number of unbranched alkanes of at least 4 members (excludes halogenated alkanes) is 11. The zero-order valence-electron chi connectivity index (χ0n) is 22.8. The molecule has 0 fully saturated rings. The Bertz CT molecular complexity index is 1170. The van der Waals surface area contributed by atoms with E-state index in [1.54, 1.807) is 0 Å². The molecule has 0 amide bonds. The molecule has 0 aromatic carbocycles. The van der Waals surface area contributed by atoms with Crippen molar-refractivity contribution >= 4 is 25.4 Å². The molecule has 5 nitrogen and oxygen atoms in total. The van der Waals surface area contributed by atoms with Gasteiger partial charge < -0.3 is 14.6 Å². The summed E-state index contributed by atoms with van der Waals surface area (Å²) in [6, 6.07) is 0. The first-order chi connectivity index (χ1) is 18.6. The second-order valence-electron chi connectivity index (χ2n) is 8.18. The number of aliphatic hydroxyl groups is 1. The Labute approximate surface area is 261 Å². The van der Waals surface area contributed by atoms with E-state index in [0.29, 0.717) is 0 Å². The summed E-state index contributed by atoms with van der Waals surface area (Å²) in [5.74, 6) is 29.3. The van der Waals surface area contributed by atoms with Crippen LogP contribution in [-0.4, -0.2) is 36.4 Å². The molecule has 0 bridgehead atoms. The number of ether oxygens (including phenoxy) is 2. The van der Waals surface area contributed by atoms with Gasteiger partial charge in [0.2, 0.25) is 0 Å². The molecule has 232 valence electrons. The number of carbonyl (C=O) groups is 2. The van der Waals surface area contributed by atoms with Gasteiger partial charge in [0.05, 0.1) is 6.61 Å². The third-order valence-corrected chi connectivity index (χ3v) is 5.00. The SMILES string of the molecule is C#CC#CC#CC#CC#CC#CC#CC(=O)OC[C@H](CO)OC(=O)CCCCCCCCCCCCCC.S.[HH].[HH].[HH].[HH].[HH].[HH].[HH].[HH].[HH].[HH].[HH].[HH].[HH]. The highest BCUT2D eigenvalue weighted by molar-refractivity contribution is 7.59. The quantitative estimate of drug-likeness (QED) is 0.0846. The molecule has 0 saturated heterocycles. The molecule has 0 heterocycles. The van der Waals surface area contributed by atoms with Crippen molar-refractivity contribution in [3.63, 3.8) is 0 Å². The van der Waals surface area contributed by atoms with Crippen LogP contribution in [0.5, 0.6) is 0 Å². The number of rotatable bonds is 17. The maximum absolute atomic E-state index is 12.0. The van der Waals surface area contributed by atoms with Gasteiger partial charge in [-0.2, -0.15) is 13.5 Å². The highest BCUT2D eigenvalue weighted by atomic mass is 32.1. The first kappa shape index (κ1) is 37.3. The molecule has 0 aliphatic rings. The molecule has 6 heteroatoms. The second-order valence-corrected chi connectivity index (χ2v) is 8.18. The topological polar surface area (TPSA) is 72.8 Å². The Balaban J connectivity index is -0.0000000752. The molecular formula is C33H64O5S. The van der Waals surface area contributed by atoms with Crippen molar-refractivity contribution in [2.24, 2.45) is 0 Å². The van der Waals surface area contributed by atoms with E-state index in [-0.39, 0.29) is 45.1 Å². The Morgan fingerprint density at radius 2 is 1.15 bits per heavy atom. The molecule has 1 N–H and O–H groups in total. The summed E-state index contributed by atoms with van der Waals surface area (Å²) >= 11 is 0. The van der Waals surface area contributed by atoms with Crippen LogP contribution in [0.15, 0.2) is 0 Å². The lowest BCUT2D eigenvalue weighted by molar-refractivity contribution is -0.159. The Hall–Kier alpha value is -3.83. The van der Waals surface area contributed by atoms with Crippen LogP contribution < -0.4 is 0 Å². The predicted molar refractivity (Wildman–Crippen MR) is 187 cm³/mol. The highest BCUT2D eigenvalue weighted by Crippen LogP contribution is 2.12. The molecular weight excluding hydrogens is 508 g/mol. The van der Waals surface area contributed by atoms with Gasteiger partial charge in [-0.05, 0) is 77.5 Å². The smallest absolute Gasteiger partial charge is 0.385 e. The van der Waals surface area contributed by atoms with Crippen molar-refractivity contribution < 1.29 is 42.7 Å². The monoisotopic (exact) mass is 572 g/mol. The Kier molecular flexibility index (Phi) is 29.1. The van der Waals surface area contributed by atoms with Gasteiger partial charge in [0.1, 0.15) is 6.61 Å². The molecule has 0 spiro atoms. The standard InChI is InChI=1S/C33H36O5.H2S.13H2/c1-3-5-7-9-11-13-15-17-19-21-23-25-27-32(35)37-30-31(29-34)38-33(36)28-26-24-22-20-18-16-14-12-10-8-6-4-2;;;;;;;;;;;;;;/h1,31,34H,4,6,8,10,12,14,16,18,20,22,24,26,28-30H2,2H3;1H2;13*1H/t31-;;;;;;;;;;;;;;/m0............../s1. The van der Waals surface area contributed by atoms with E-state index in [9.17, 15) is 14.7 Å². The minimum atomic E-state index is -0.929. The maximum Gasteiger partial charge on any atom is 0.385 e. The van der Waals surface area contributed by atoms with Crippen molar-refractivity contribution in [3.8, 4) is 83.4 Å². The maximum atomic E-state index is 12.0. The van der Waals surface area contributed by atoms with Gasteiger partial charge in [-0.1, -0.05) is 77.6 Å². The zero-order chi connectivity index (χ0) is 27.9. The van der Waals surface area contributed by atoms with Crippen LogP contribution in [0.4, 0.5) is 0 Å². The molecule has 1 atom stereocenters. The van der Waals surface area contributed by atoms with Gasteiger partial charge in [-0.25, -0.2) is 4.79 Å². The number of esters is 2. The van der Waals surface area contributed by atoms with E-state index < -0.39 is 24.6 Å². The van der Waals surface area contributed by atoms with Crippen LogP contribution in [0.3, 0.4) is 0 Å². The van der Waals surface area contributed by atoms with Crippen LogP contribution in [0.25, 0.3) is 0 Å². The van der Waals surface area contributed by atoms with E-state index in [0.717, 1.165) is 19.3 Å². The number of aliphatic hydroxyl groups excluding tert-OH is 1. The summed E-state index contributed by atoms with van der Waals surface area (Å²) < 4.78 is 10.1. The number of terminal acetylenes is 1. The summed E-state index contributed by atoms with van der Waals surface area (Å²) in [6.07, 6.45) is 18.8. The van der Waals surface area contributed by atoms with Gasteiger partial charge in [-0.3, -0.25) is 4.79 Å². The second kappa shape index (κ2) is 30.4. The lowest BCUT2D eigenvalue weighted by atomic mass is 10.0. The van der Waals surface area contributed by atoms with E-state index in [4.69, 9.17) is 15.9 Å². The molecule has 0 rings (SSSR count). The fourth-order valence-corrected chi connectivity index (χ4v) is 3.08. The molecule has 0 aliphatic carbocycles. The molecule has 0 radical (unpaired) electrons.